The van der Waals surface area contributed by atoms with Gasteiger partial charge >= 0.3 is 0 Å². The van der Waals surface area contributed by atoms with Crippen LogP contribution in [0.5, 0.6) is 5.75 Å². The summed E-state index contributed by atoms with van der Waals surface area (Å²) in [5.41, 5.74) is 3.76. The van der Waals surface area contributed by atoms with E-state index in [4.69, 9.17) is 14.5 Å². The van der Waals surface area contributed by atoms with E-state index in [1.165, 1.54) is 0 Å². The Morgan fingerprint density at radius 3 is 2.90 bits per heavy atom. The monoisotopic (exact) mass is 394 g/mol. The SMILES string of the molecule is CCn1cc2c(C)cc(-c3ccc(OCC(=O)NCC4CCCO4)cc3)nc2n1. The van der Waals surface area contributed by atoms with Crippen molar-refractivity contribution in [3.63, 3.8) is 0 Å². The van der Waals surface area contributed by atoms with Crippen molar-refractivity contribution in [3.8, 4) is 17.0 Å². The molecule has 1 unspecified atom stereocenters. The topological polar surface area (TPSA) is 78.3 Å². The van der Waals surface area contributed by atoms with Crippen molar-refractivity contribution in [2.45, 2.75) is 39.3 Å². The van der Waals surface area contributed by atoms with E-state index in [9.17, 15) is 4.79 Å². The fraction of sp³-hybridized carbons (Fsp3) is 0.409. The number of aromatic nitrogens is 3. The lowest BCUT2D eigenvalue weighted by atomic mass is 10.1. The van der Waals surface area contributed by atoms with E-state index in [2.05, 4.69) is 30.3 Å². The van der Waals surface area contributed by atoms with Gasteiger partial charge in [0.15, 0.2) is 12.3 Å². The van der Waals surface area contributed by atoms with Crippen LogP contribution in [0.3, 0.4) is 0 Å². The molecule has 0 bridgehead atoms. The second-order valence-corrected chi connectivity index (χ2v) is 7.30. The molecule has 0 radical (unpaired) electrons. The van der Waals surface area contributed by atoms with Crippen molar-refractivity contribution in [2.24, 2.45) is 0 Å². The van der Waals surface area contributed by atoms with E-state index >= 15 is 0 Å². The Bertz CT molecular complexity index is 991. The first-order valence-corrected chi connectivity index (χ1v) is 10.1. The molecule has 0 aliphatic carbocycles. The van der Waals surface area contributed by atoms with E-state index < -0.39 is 0 Å². The molecule has 1 N–H and O–H groups in total. The molecule has 1 amide bonds. The highest BCUT2D eigenvalue weighted by Crippen LogP contribution is 2.25. The van der Waals surface area contributed by atoms with Gasteiger partial charge in [0.25, 0.3) is 5.91 Å². The third-order valence-electron chi connectivity index (χ3n) is 5.14. The second kappa shape index (κ2) is 8.61. The fourth-order valence-electron chi connectivity index (χ4n) is 3.47. The molecule has 1 aliphatic heterocycles. The third kappa shape index (κ3) is 4.56. The number of hydrogen-bond donors (Lipinski definition) is 1. The average Bonchev–Trinajstić information content (AvgIpc) is 3.40. The first-order valence-electron chi connectivity index (χ1n) is 10.1. The number of hydrogen-bond acceptors (Lipinski definition) is 5. The van der Waals surface area contributed by atoms with Crippen LogP contribution >= 0.6 is 0 Å². The highest BCUT2D eigenvalue weighted by Gasteiger charge is 2.16. The van der Waals surface area contributed by atoms with Gasteiger partial charge in [-0.1, -0.05) is 0 Å². The van der Waals surface area contributed by atoms with Crippen molar-refractivity contribution in [1.82, 2.24) is 20.1 Å². The Morgan fingerprint density at radius 1 is 1.34 bits per heavy atom. The number of pyridine rings is 1. The number of ether oxygens (including phenoxy) is 2. The standard InChI is InChI=1S/C22H26N4O3/c1-3-26-13-19-15(2)11-20(24-22(19)25-26)16-6-8-17(9-7-16)29-14-21(27)23-12-18-5-4-10-28-18/h6-9,11,13,18H,3-5,10,12,14H2,1-2H3,(H,23,27). The first kappa shape index (κ1) is 19.4. The molecule has 7 nitrogen and oxygen atoms in total. The van der Waals surface area contributed by atoms with E-state index in [0.29, 0.717) is 12.3 Å². The average molecular weight is 394 g/mol. The van der Waals surface area contributed by atoms with Gasteiger partial charge in [0.2, 0.25) is 0 Å². The highest BCUT2D eigenvalue weighted by atomic mass is 16.5. The zero-order valence-corrected chi connectivity index (χ0v) is 16.9. The molecule has 1 saturated heterocycles. The summed E-state index contributed by atoms with van der Waals surface area (Å²) in [5, 5.41) is 8.45. The van der Waals surface area contributed by atoms with Crippen molar-refractivity contribution in [2.75, 3.05) is 19.8 Å². The molecular formula is C22H26N4O3. The first-order chi connectivity index (χ1) is 14.1. The van der Waals surface area contributed by atoms with Crippen LogP contribution in [0.15, 0.2) is 36.5 Å². The lowest BCUT2D eigenvalue weighted by Crippen LogP contribution is -2.35. The zero-order chi connectivity index (χ0) is 20.2. The lowest BCUT2D eigenvalue weighted by Gasteiger charge is -2.11. The van der Waals surface area contributed by atoms with Crippen LogP contribution in [0.2, 0.25) is 0 Å². The molecule has 3 heterocycles. The van der Waals surface area contributed by atoms with Crippen LogP contribution < -0.4 is 10.1 Å². The van der Waals surface area contributed by atoms with Gasteiger partial charge in [-0.3, -0.25) is 9.48 Å². The Balaban J connectivity index is 1.37. The summed E-state index contributed by atoms with van der Waals surface area (Å²) in [6.07, 6.45) is 4.23. The number of nitrogens with zero attached hydrogens (tertiary/aromatic N) is 3. The molecule has 29 heavy (non-hydrogen) atoms. The summed E-state index contributed by atoms with van der Waals surface area (Å²) in [6, 6.07) is 9.68. The quantitative estimate of drug-likeness (QED) is 0.666. The zero-order valence-electron chi connectivity index (χ0n) is 16.9. The molecule has 2 aromatic heterocycles. The van der Waals surface area contributed by atoms with Crippen LogP contribution in [0.25, 0.3) is 22.3 Å². The molecule has 4 rings (SSSR count). The van der Waals surface area contributed by atoms with Crippen molar-refractivity contribution in [3.05, 3.63) is 42.1 Å². The maximum Gasteiger partial charge on any atom is 0.258 e. The smallest absolute Gasteiger partial charge is 0.258 e. The lowest BCUT2D eigenvalue weighted by molar-refractivity contribution is -0.123. The Morgan fingerprint density at radius 2 is 2.17 bits per heavy atom. The molecule has 0 spiro atoms. The second-order valence-electron chi connectivity index (χ2n) is 7.30. The van der Waals surface area contributed by atoms with Crippen LogP contribution in [0, 0.1) is 6.92 Å². The molecular weight excluding hydrogens is 368 g/mol. The Hall–Kier alpha value is -2.93. The van der Waals surface area contributed by atoms with E-state index in [0.717, 1.165) is 53.8 Å². The molecule has 1 fully saturated rings. The summed E-state index contributed by atoms with van der Waals surface area (Å²) in [7, 11) is 0. The van der Waals surface area contributed by atoms with Gasteiger partial charge in [0.1, 0.15) is 5.75 Å². The number of fused-ring (bicyclic) bond motifs is 1. The predicted octanol–water partition coefficient (Wildman–Crippen LogP) is 3.10. The van der Waals surface area contributed by atoms with E-state index in [1.54, 1.807) is 0 Å². The number of carbonyl (C=O) groups is 1. The Labute approximate surface area is 170 Å². The number of aryl methyl sites for hydroxylation is 2. The number of nitrogens with one attached hydrogen (secondary N) is 1. The minimum Gasteiger partial charge on any atom is -0.484 e. The highest BCUT2D eigenvalue weighted by molar-refractivity contribution is 5.81. The molecule has 1 aliphatic rings. The third-order valence-corrected chi connectivity index (χ3v) is 5.14. The van der Waals surface area contributed by atoms with Gasteiger partial charge in [-0.25, -0.2) is 4.98 Å². The predicted molar refractivity (Wildman–Crippen MR) is 111 cm³/mol. The fourth-order valence-corrected chi connectivity index (χ4v) is 3.47. The van der Waals surface area contributed by atoms with Gasteiger partial charge in [-0.2, -0.15) is 5.10 Å². The van der Waals surface area contributed by atoms with Gasteiger partial charge < -0.3 is 14.8 Å². The largest absolute Gasteiger partial charge is 0.484 e. The summed E-state index contributed by atoms with van der Waals surface area (Å²) >= 11 is 0. The number of carbonyl (C=O) groups excluding carboxylic acids is 1. The van der Waals surface area contributed by atoms with E-state index in [1.807, 2.05) is 35.1 Å². The molecule has 0 saturated carbocycles. The maximum absolute atomic E-state index is 11.9. The van der Waals surface area contributed by atoms with Crippen molar-refractivity contribution < 1.29 is 14.3 Å². The van der Waals surface area contributed by atoms with Gasteiger partial charge in [0, 0.05) is 36.8 Å². The number of rotatable bonds is 7. The molecule has 152 valence electrons. The molecule has 1 aromatic carbocycles. The minimum atomic E-state index is -0.140. The number of benzene rings is 1. The van der Waals surface area contributed by atoms with Crippen molar-refractivity contribution >= 4 is 16.9 Å². The van der Waals surface area contributed by atoms with Crippen LogP contribution in [0.4, 0.5) is 0 Å². The van der Waals surface area contributed by atoms with Gasteiger partial charge in [-0.05, 0) is 62.6 Å². The van der Waals surface area contributed by atoms with Crippen molar-refractivity contribution in [1.29, 1.82) is 0 Å². The van der Waals surface area contributed by atoms with Crippen LogP contribution in [-0.2, 0) is 16.1 Å². The maximum atomic E-state index is 11.9. The summed E-state index contributed by atoms with van der Waals surface area (Å²) in [5.74, 6) is 0.507. The summed E-state index contributed by atoms with van der Waals surface area (Å²) in [6.45, 7) is 6.27. The normalized spacial score (nSPS) is 16.3. The summed E-state index contributed by atoms with van der Waals surface area (Å²) < 4.78 is 13.0. The Kier molecular flexibility index (Phi) is 5.76. The van der Waals surface area contributed by atoms with Crippen LogP contribution in [0.1, 0.15) is 25.3 Å². The van der Waals surface area contributed by atoms with Gasteiger partial charge in [-0.15, -0.1) is 0 Å². The minimum absolute atomic E-state index is 0.0101. The summed E-state index contributed by atoms with van der Waals surface area (Å²) in [4.78, 5) is 16.6. The van der Waals surface area contributed by atoms with Crippen LogP contribution in [-0.4, -0.2) is 46.5 Å². The molecule has 3 aromatic rings. The number of amides is 1. The van der Waals surface area contributed by atoms with Gasteiger partial charge in [0.05, 0.1) is 11.8 Å². The molecule has 1 atom stereocenters. The molecule has 7 heteroatoms. The van der Waals surface area contributed by atoms with E-state index in [-0.39, 0.29) is 18.6 Å².